The van der Waals surface area contributed by atoms with Crippen LogP contribution in [0.5, 0.6) is 5.88 Å². The fourth-order valence-electron chi connectivity index (χ4n) is 3.32. The molecular weight excluding hydrogens is 420 g/mol. The number of rotatable bonds is 5. The Hall–Kier alpha value is -3.43. The van der Waals surface area contributed by atoms with Gasteiger partial charge in [0.25, 0.3) is 0 Å². The molecule has 1 unspecified atom stereocenters. The highest BCUT2D eigenvalue weighted by molar-refractivity contribution is 6.30. The molecule has 0 bridgehead atoms. The normalized spacial score (nSPS) is 17.5. The molecule has 2 atom stereocenters. The lowest BCUT2D eigenvalue weighted by molar-refractivity contribution is 0.0676. The number of nitrogens with zero attached hydrogens (tertiary/aromatic N) is 4. The van der Waals surface area contributed by atoms with E-state index in [9.17, 15) is 9.90 Å². The van der Waals surface area contributed by atoms with Gasteiger partial charge in [-0.1, -0.05) is 23.7 Å². The van der Waals surface area contributed by atoms with Crippen molar-refractivity contribution in [2.24, 2.45) is 0 Å². The summed E-state index contributed by atoms with van der Waals surface area (Å²) in [7, 11) is 1.47. The molecule has 0 aliphatic heterocycles. The number of methoxy groups -OCH3 is 1. The standard InChI is InChI=1S/C21H21ClN6O3/c1-31-19-10-18(24-11-25-19)27-21(30)28(16-7-8-17(16)29)20-14(23)5-6-15(26-20)12-3-2-4-13(22)9-12/h2-6,9-11,16-17,29H,7-8,23H2,1H3,(H,24,25,27,30)/t16?,17-/m1/s1. The number of ether oxygens (including phenoxy) is 1. The highest BCUT2D eigenvalue weighted by atomic mass is 35.5. The molecule has 0 saturated heterocycles. The zero-order valence-electron chi connectivity index (χ0n) is 16.7. The van der Waals surface area contributed by atoms with Crippen LogP contribution in [0.1, 0.15) is 12.8 Å². The van der Waals surface area contributed by atoms with Crippen molar-refractivity contribution >= 4 is 35.0 Å². The lowest BCUT2D eigenvalue weighted by atomic mass is 9.88. The Morgan fingerprint density at radius 2 is 2.10 bits per heavy atom. The Kier molecular flexibility index (Phi) is 5.88. The van der Waals surface area contributed by atoms with Crippen LogP contribution in [0, 0.1) is 0 Å². The van der Waals surface area contributed by atoms with Crippen molar-refractivity contribution in [3.63, 3.8) is 0 Å². The fraction of sp³-hybridized carbons (Fsp3) is 0.238. The molecular formula is C21H21ClN6O3. The number of urea groups is 1. The van der Waals surface area contributed by atoms with Gasteiger partial charge < -0.3 is 15.6 Å². The first-order chi connectivity index (χ1) is 15.0. The van der Waals surface area contributed by atoms with Crippen molar-refractivity contribution in [3.05, 3.63) is 53.8 Å². The molecule has 1 aliphatic carbocycles. The van der Waals surface area contributed by atoms with Crippen LogP contribution in [-0.2, 0) is 0 Å². The van der Waals surface area contributed by atoms with Crippen molar-refractivity contribution < 1.29 is 14.6 Å². The van der Waals surface area contributed by atoms with E-state index in [4.69, 9.17) is 22.1 Å². The van der Waals surface area contributed by atoms with Crippen LogP contribution in [0.2, 0.25) is 5.02 Å². The lowest BCUT2D eigenvalue weighted by Gasteiger charge is -2.41. The number of carbonyl (C=O) groups is 1. The van der Waals surface area contributed by atoms with Crippen molar-refractivity contribution in [2.45, 2.75) is 25.0 Å². The molecule has 2 aromatic heterocycles. The molecule has 4 N–H and O–H groups in total. The predicted molar refractivity (Wildman–Crippen MR) is 118 cm³/mol. The third-order valence-corrected chi connectivity index (χ3v) is 5.33. The first-order valence-corrected chi connectivity index (χ1v) is 10.0. The Morgan fingerprint density at radius 1 is 1.26 bits per heavy atom. The SMILES string of the molecule is COc1cc(NC(=O)N(c2nc(-c3cccc(Cl)c3)ccc2N)C2CC[C@H]2O)ncn1. The number of amides is 2. The molecule has 2 amide bonds. The maximum absolute atomic E-state index is 13.2. The smallest absolute Gasteiger partial charge is 0.329 e. The summed E-state index contributed by atoms with van der Waals surface area (Å²) >= 11 is 6.11. The number of hydrogen-bond acceptors (Lipinski definition) is 7. The summed E-state index contributed by atoms with van der Waals surface area (Å²) in [5.74, 6) is 0.807. The average molecular weight is 441 g/mol. The van der Waals surface area contributed by atoms with E-state index in [1.807, 2.05) is 12.1 Å². The van der Waals surface area contributed by atoms with Gasteiger partial charge >= 0.3 is 6.03 Å². The molecule has 160 valence electrons. The van der Waals surface area contributed by atoms with Crippen molar-refractivity contribution in [2.75, 3.05) is 23.1 Å². The van der Waals surface area contributed by atoms with Gasteiger partial charge in [0.05, 0.1) is 30.6 Å². The van der Waals surface area contributed by atoms with Crippen LogP contribution in [0.3, 0.4) is 0 Å². The van der Waals surface area contributed by atoms with Gasteiger partial charge in [-0.2, -0.15) is 0 Å². The number of anilines is 3. The molecule has 1 aromatic carbocycles. The number of nitrogens with two attached hydrogens (primary N) is 1. The molecule has 1 fully saturated rings. The second-order valence-corrected chi connectivity index (χ2v) is 7.51. The molecule has 4 rings (SSSR count). The van der Waals surface area contributed by atoms with E-state index >= 15 is 0 Å². The summed E-state index contributed by atoms with van der Waals surface area (Å²) in [6.07, 6.45) is 1.80. The van der Waals surface area contributed by atoms with Crippen LogP contribution < -0.4 is 20.7 Å². The van der Waals surface area contributed by atoms with E-state index in [1.54, 1.807) is 24.3 Å². The summed E-state index contributed by atoms with van der Waals surface area (Å²) in [6.45, 7) is 0. The number of pyridine rings is 1. The number of hydrogen-bond donors (Lipinski definition) is 3. The summed E-state index contributed by atoms with van der Waals surface area (Å²) in [5, 5.41) is 13.6. The Morgan fingerprint density at radius 3 is 2.77 bits per heavy atom. The van der Waals surface area contributed by atoms with Gasteiger partial charge in [-0.25, -0.2) is 19.7 Å². The summed E-state index contributed by atoms with van der Waals surface area (Å²) in [5.41, 5.74) is 7.89. The number of carbonyl (C=O) groups excluding carboxylic acids is 1. The zero-order valence-corrected chi connectivity index (χ0v) is 17.5. The van der Waals surface area contributed by atoms with E-state index in [0.29, 0.717) is 35.1 Å². The number of aliphatic hydroxyl groups excluding tert-OH is 1. The average Bonchev–Trinajstić information content (AvgIpc) is 2.77. The van der Waals surface area contributed by atoms with Gasteiger partial charge in [-0.15, -0.1) is 0 Å². The lowest BCUT2D eigenvalue weighted by Crippen LogP contribution is -2.55. The molecule has 0 radical (unpaired) electrons. The predicted octanol–water partition coefficient (Wildman–Crippen LogP) is 3.34. The monoisotopic (exact) mass is 440 g/mol. The van der Waals surface area contributed by atoms with E-state index in [2.05, 4.69) is 20.3 Å². The van der Waals surface area contributed by atoms with Gasteiger partial charge in [0, 0.05) is 16.7 Å². The molecule has 0 spiro atoms. The molecule has 10 heteroatoms. The minimum Gasteiger partial charge on any atom is -0.481 e. The second kappa shape index (κ2) is 8.75. The van der Waals surface area contributed by atoms with Crippen LogP contribution in [0.25, 0.3) is 11.3 Å². The Labute approximate surface area is 183 Å². The zero-order chi connectivity index (χ0) is 22.0. The number of halogens is 1. The van der Waals surface area contributed by atoms with Gasteiger partial charge in [-0.05, 0) is 37.1 Å². The first-order valence-electron chi connectivity index (χ1n) is 9.63. The number of nitrogen functional groups attached to an aromatic ring is 1. The van der Waals surface area contributed by atoms with E-state index in [-0.39, 0.29) is 11.6 Å². The maximum atomic E-state index is 13.2. The molecule has 2 heterocycles. The summed E-state index contributed by atoms with van der Waals surface area (Å²) < 4.78 is 5.07. The molecule has 31 heavy (non-hydrogen) atoms. The maximum Gasteiger partial charge on any atom is 0.329 e. The van der Waals surface area contributed by atoms with Gasteiger partial charge in [0.1, 0.15) is 12.1 Å². The summed E-state index contributed by atoms with van der Waals surface area (Å²) in [4.78, 5) is 27.2. The number of aliphatic hydroxyl groups is 1. The quantitative estimate of drug-likeness (QED) is 0.555. The van der Waals surface area contributed by atoms with Crippen LogP contribution >= 0.6 is 11.6 Å². The van der Waals surface area contributed by atoms with E-state index in [1.165, 1.54) is 24.4 Å². The third-order valence-electron chi connectivity index (χ3n) is 5.09. The van der Waals surface area contributed by atoms with Gasteiger partial charge in [0.2, 0.25) is 5.88 Å². The van der Waals surface area contributed by atoms with Gasteiger partial charge in [-0.3, -0.25) is 10.2 Å². The highest BCUT2D eigenvalue weighted by Gasteiger charge is 2.39. The second-order valence-electron chi connectivity index (χ2n) is 7.08. The minimum atomic E-state index is -0.679. The van der Waals surface area contributed by atoms with Gasteiger partial charge in [0.15, 0.2) is 5.82 Å². The minimum absolute atomic E-state index is 0.250. The van der Waals surface area contributed by atoms with Crippen molar-refractivity contribution in [1.29, 1.82) is 0 Å². The Bertz CT molecular complexity index is 1110. The molecule has 9 nitrogen and oxygen atoms in total. The van der Waals surface area contributed by atoms with E-state index < -0.39 is 18.2 Å². The third kappa shape index (κ3) is 4.37. The molecule has 1 aliphatic rings. The van der Waals surface area contributed by atoms with Crippen molar-refractivity contribution in [1.82, 2.24) is 15.0 Å². The van der Waals surface area contributed by atoms with Crippen LogP contribution in [0.15, 0.2) is 48.8 Å². The number of benzene rings is 1. The highest BCUT2D eigenvalue weighted by Crippen LogP contribution is 2.34. The van der Waals surface area contributed by atoms with Crippen molar-refractivity contribution in [3.8, 4) is 17.1 Å². The summed E-state index contributed by atoms with van der Waals surface area (Å²) in [6, 6.07) is 11.2. The topological polar surface area (TPSA) is 126 Å². The molecule has 3 aromatic rings. The fourth-order valence-corrected chi connectivity index (χ4v) is 3.51. The Balaban J connectivity index is 1.71. The van der Waals surface area contributed by atoms with Crippen LogP contribution in [0.4, 0.5) is 22.1 Å². The first kappa shape index (κ1) is 20.8. The number of aromatic nitrogens is 3. The number of nitrogens with one attached hydrogen (secondary N) is 1. The van der Waals surface area contributed by atoms with E-state index in [0.717, 1.165) is 5.56 Å². The molecule has 1 saturated carbocycles. The van der Waals surface area contributed by atoms with Crippen LogP contribution in [-0.4, -0.2) is 45.3 Å². The largest absolute Gasteiger partial charge is 0.481 e.